The summed E-state index contributed by atoms with van der Waals surface area (Å²) in [6, 6.07) is 19.7. The molecule has 0 radical (unpaired) electrons. The molecular formula is C28H31F3N2O2. The van der Waals surface area contributed by atoms with Gasteiger partial charge in [-0.15, -0.1) is 0 Å². The van der Waals surface area contributed by atoms with Gasteiger partial charge in [0.15, 0.2) is 5.69 Å². The third kappa shape index (κ3) is 7.37. The van der Waals surface area contributed by atoms with Crippen LogP contribution in [-0.4, -0.2) is 35.9 Å². The molecule has 0 aliphatic heterocycles. The Morgan fingerprint density at radius 3 is 2.40 bits per heavy atom. The predicted molar refractivity (Wildman–Crippen MR) is 130 cm³/mol. The van der Waals surface area contributed by atoms with Gasteiger partial charge in [0.05, 0.1) is 18.4 Å². The zero-order valence-electron chi connectivity index (χ0n) is 19.8. The van der Waals surface area contributed by atoms with Crippen LogP contribution in [0, 0.1) is 12.8 Å². The summed E-state index contributed by atoms with van der Waals surface area (Å²) in [7, 11) is 0. The highest BCUT2D eigenvalue weighted by Crippen LogP contribution is 2.35. The van der Waals surface area contributed by atoms with Gasteiger partial charge < -0.3 is 15.2 Å². The van der Waals surface area contributed by atoms with Gasteiger partial charge in [0.1, 0.15) is 0 Å². The van der Waals surface area contributed by atoms with E-state index >= 15 is 0 Å². The lowest BCUT2D eigenvalue weighted by atomic mass is 10.0. The van der Waals surface area contributed by atoms with E-state index < -0.39 is 18.0 Å². The highest BCUT2D eigenvalue weighted by Gasteiger charge is 2.37. The first-order valence-corrected chi connectivity index (χ1v) is 12.0. The third-order valence-corrected chi connectivity index (χ3v) is 6.20. The maximum absolute atomic E-state index is 13.9. The zero-order chi connectivity index (χ0) is 24.8. The van der Waals surface area contributed by atoms with Crippen molar-refractivity contribution in [1.29, 1.82) is 0 Å². The predicted octanol–water partition coefficient (Wildman–Crippen LogP) is 5.74. The molecule has 1 aromatic heterocycles. The highest BCUT2D eigenvalue weighted by atomic mass is 19.4. The van der Waals surface area contributed by atoms with Gasteiger partial charge in [-0.2, -0.15) is 13.2 Å². The number of hydrogen-bond acceptors (Lipinski definition) is 4. The van der Waals surface area contributed by atoms with Crippen LogP contribution in [0.25, 0.3) is 11.3 Å². The average Bonchev–Trinajstić information content (AvgIpc) is 3.67. The van der Waals surface area contributed by atoms with Crippen LogP contribution in [0.3, 0.4) is 0 Å². The SMILES string of the molecule is Cc1ccc(-c2ccc([C@H](O)CN[C@H](COCC3CC3)Cc3ccccc3)c(C(F)(F)F)n2)cc1. The maximum Gasteiger partial charge on any atom is 0.433 e. The number of aliphatic hydroxyl groups excluding tert-OH is 1. The minimum atomic E-state index is -4.69. The molecule has 35 heavy (non-hydrogen) atoms. The first-order valence-electron chi connectivity index (χ1n) is 12.0. The van der Waals surface area contributed by atoms with Gasteiger partial charge in [0.25, 0.3) is 0 Å². The van der Waals surface area contributed by atoms with Gasteiger partial charge in [0.2, 0.25) is 0 Å². The summed E-state index contributed by atoms with van der Waals surface area (Å²) in [5.41, 5.74) is 1.61. The normalized spacial score (nSPS) is 15.7. The Labute approximate surface area is 204 Å². The van der Waals surface area contributed by atoms with Crippen molar-refractivity contribution in [3.8, 4) is 11.3 Å². The fourth-order valence-electron chi connectivity index (χ4n) is 3.99. The highest BCUT2D eigenvalue weighted by molar-refractivity contribution is 5.60. The van der Waals surface area contributed by atoms with Crippen molar-refractivity contribution in [3.05, 3.63) is 89.1 Å². The molecule has 4 rings (SSSR count). The number of aliphatic hydroxyl groups is 1. The molecule has 1 fully saturated rings. The molecule has 2 atom stereocenters. The Hall–Kier alpha value is -2.74. The van der Waals surface area contributed by atoms with Crippen molar-refractivity contribution in [2.75, 3.05) is 19.8 Å². The van der Waals surface area contributed by atoms with Gasteiger partial charge in [-0.05, 0) is 43.7 Å². The van der Waals surface area contributed by atoms with Crippen LogP contribution in [0.5, 0.6) is 0 Å². The number of aromatic nitrogens is 1. The first-order chi connectivity index (χ1) is 16.8. The molecule has 1 saturated carbocycles. The van der Waals surface area contributed by atoms with Gasteiger partial charge >= 0.3 is 6.18 Å². The third-order valence-electron chi connectivity index (χ3n) is 6.20. The van der Waals surface area contributed by atoms with Crippen molar-refractivity contribution in [1.82, 2.24) is 10.3 Å². The summed E-state index contributed by atoms with van der Waals surface area (Å²) in [4.78, 5) is 3.90. The van der Waals surface area contributed by atoms with Crippen LogP contribution in [0.15, 0.2) is 66.7 Å². The number of ether oxygens (including phenoxy) is 1. The van der Waals surface area contributed by atoms with E-state index in [4.69, 9.17) is 4.74 Å². The Balaban J connectivity index is 1.47. The van der Waals surface area contributed by atoms with E-state index in [2.05, 4.69) is 10.3 Å². The second-order valence-electron chi connectivity index (χ2n) is 9.29. The number of hydrogen-bond donors (Lipinski definition) is 2. The van der Waals surface area contributed by atoms with Crippen molar-refractivity contribution in [3.63, 3.8) is 0 Å². The molecule has 0 amide bonds. The van der Waals surface area contributed by atoms with Gasteiger partial charge in [-0.1, -0.05) is 66.2 Å². The Morgan fingerprint density at radius 2 is 1.74 bits per heavy atom. The number of aryl methyl sites for hydroxylation is 1. The Kier molecular flexibility index (Phi) is 8.21. The van der Waals surface area contributed by atoms with E-state index in [0.717, 1.165) is 11.1 Å². The second kappa shape index (κ2) is 11.3. The van der Waals surface area contributed by atoms with E-state index in [1.165, 1.54) is 25.0 Å². The van der Waals surface area contributed by atoms with Crippen LogP contribution >= 0.6 is 0 Å². The number of benzene rings is 2. The molecule has 1 aliphatic rings. The zero-order valence-corrected chi connectivity index (χ0v) is 19.8. The summed E-state index contributed by atoms with van der Waals surface area (Å²) >= 11 is 0. The molecule has 0 unspecified atom stereocenters. The monoisotopic (exact) mass is 484 g/mol. The molecule has 7 heteroatoms. The lowest BCUT2D eigenvalue weighted by Gasteiger charge is -2.23. The number of pyridine rings is 1. The fourth-order valence-corrected chi connectivity index (χ4v) is 3.99. The van der Waals surface area contributed by atoms with Gasteiger partial charge in [-0.3, -0.25) is 0 Å². The number of alkyl halides is 3. The fraction of sp³-hybridized carbons (Fsp3) is 0.393. The van der Waals surface area contributed by atoms with E-state index in [0.29, 0.717) is 31.1 Å². The average molecular weight is 485 g/mol. The number of nitrogens with zero attached hydrogens (tertiary/aromatic N) is 1. The van der Waals surface area contributed by atoms with Crippen molar-refractivity contribution >= 4 is 0 Å². The first kappa shape index (κ1) is 25.4. The van der Waals surface area contributed by atoms with Crippen LogP contribution in [0.4, 0.5) is 13.2 Å². The molecule has 1 heterocycles. The topological polar surface area (TPSA) is 54.4 Å². The molecule has 186 valence electrons. The van der Waals surface area contributed by atoms with Gasteiger partial charge in [-0.25, -0.2) is 4.98 Å². The summed E-state index contributed by atoms with van der Waals surface area (Å²) in [5.74, 6) is 0.616. The second-order valence-corrected chi connectivity index (χ2v) is 9.29. The standard InChI is InChI=1S/C28H31F3N2O2/c1-19-7-11-22(12-8-19)25-14-13-24(27(33-25)28(29,30)31)26(34)16-32-23(18-35-17-21-9-10-21)15-20-5-3-2-4-6-20/h2-8,11-14,21,23,26,32,34H,9-10,15-18H2,1H3/t23-,26+/m0/s1. The summed E-state index contributed by atoms with van der Waals surface area (Å²) < 4.78 is 47.5. The molecule has 4 nitrogen and oxygen atoms in total. The Morgan fingerprint density at radius 1 is 1.03 bits per heavy atom. The van der Waals surface area contributed by atoms with Crippen molar-refractivity contribution in [2.24, 2.45) is 5.92 Å². The lowest BCUT2D eigenvalue weighted by Crippen LogP contribution is -2.38. The van der Waals surface area contributed by atoms with E-state index in [9.17, 15) is 18.3 Å². The molecule has 3 aromatic rings. The van der Waals surface area contributed by atoms with Gasteiger partial charge in [0, 0.05) is 30.3 Å². The smallest absolute Gasteiger partial charge is 0.387 e. The number of halogens is 3. The van der Waals surface area contributed by atoms with Crippen LogP contribution < -0.4 is 5.32 Å². The van der Waals surface area contributed by atoms with E-state index in [1.54, 1.807) is 12.1 Å². The van der Waals surface area contributed by atoms with E-state index in [-0.39, 0.29) is 23.8 Å². The lowest BCUT2D eigenvalue weighted by molar-refractivity contribution is -0.142. The summed E-state index contributed by atoms with van der Waals surface area (Å²) in [5, 5.41) is 14.0. The maximum atomic E-state index is 13.9. The van der Waals surface area contributed by atoms with Crippen molar-refractivity contribution < 1.29 is 23.0 Å². The Bertz CT molecular complexity index is 1080. The number of nitrogens with one attached hydrogen (secondary N) is 1. The minimum absolute atomic E-state index is 0.0427. The molecule has 0 bridgehead atoms. The summed E-state index contributed by atoms with van der Waals surface area (Å²) in [6.07, 6.45) is -3.04. The molecule has 2 N–H and O–H groups in total. The summed E-state index contributed by atoms with van der Waals surface area (Å²) in [6.45, 7) is 2.98. The molecule has 2 aromatic carbocycles. The van der Waals surface area contributed by atoms with Crippen molar-refractivity contribution in [2.45, 2.75) is 44.5 Å². The molecule has 0 saturated heterocycles. The molecular weight excluding hydrogens is 453 g/mol. The quantitative estimate of drug-likeness (QED) is 0.365. The molecule has 0 spiro atoms. The number of rotatable bonds is 11. The van der Waals surface area contributed by atoms with E-state index in [1.807, 2.05) is 49.4 Å². The van der Waals surface area contributed by atoms with Crippen LogP contribution in [0.2, 0.25) is 0 Å². The van der Waals surface area contributed by atoms with Crippen LogP contribution in [0.1, 0.15) is 41.3 Å². The van der Waals surface area contributed by atoms with Crippen LogP contribution in [-0.2, 0) is 17.3 Å². The largest absolute Gasteiger partial charge is 0.433 e. The minimum Gasteiger partial charge on any atom is -0.387 e. The molecule has 1 aliphatic carbocycles.